The molecule has 4 nitrogen and oxygen atoms in total. The van der Waals surface area contributed by atoms with E-state index in [-0.39, 0.29) is 5.41 Å². The Kier molecular flexibility index (Phi) is 2.02. The van der Waals surface area contributed by atoms with Crippen LogP contribution in [-0.2, 0) is 5.41 Å². The number of aromatic nitrogens is 3. The van der Waals surface area contributed by atoms with Crippen LogP contribution in [0.3, 0.4) is 0 Å². The van der Waals surface area contributed by atoms with Crippen LogP contribution in [0.5, 0.6) is 0 Å². The van der Waals surface area contributed by atoms with Gasteiger partial charge in [-0.05, 0) is 31.9 Å². The minimum atomic E-state index is 0.248. The molecule has 0 radical (unpaired) electrons. The molecule has 0 atom stereocenters. The summed E-state index contributed by atoms with van der Waals surface area (Å²) < 4.78 is 1.91. The number of imidazole rings is 1. The monoisotopic (exact) mass is 228 g/mol. The first kappa shape index (κ1) is 10.3. The average Bonchev–Trinajstić information content (AvgIpc) is 2.93. The van der Waals surface area contributed by atoms with Crippen LogP contribution in [0.25, 0.3) is 5.69 Å². The number of nitrogens with zero attached hydrogens (tertiary/aromatic N) is 3. The molecule has 0 spiro atoms. The normalized spacial score (nSPS) is 17.1. The fourth-order valence-corrected chi connectivity index (χ4v) is 1.94. The maximum Gasteiger partial charge on any atom is 0.205 e. The number of anilines is 1. The zero-order valence-electron chi connectivity index (χ0n) is 10.1. The maximum absolute atomic E-state index is 5.96. The van der Waals surface area contributed by atoms with Gasteiger partial charge < -0.3 is 5.73 Å². The van der Waals surface area contributed by atoms with E-state index in [0.717, 1.165) is 17.1 Å². The summed E-state index contributed by atoms with van der Waals surface area (Å²) >= 11 is 0. The Labute approximate surface area is 101 Å². The lowest BCUT2D eigenvalue weighted by atomic mass is 10.1. The Morgan fingerprint density at radius 3 is 2.71 bits per heavy atom. The highest BCUT2D eigenvalue weighted by Gasteiger charge is 2.41. The van der Waals surface area contributed by atoms with Crippen molar-refractivity contribution in [3.63, 3.8) is 0 Å². The van der Waals surface area contributed by atoms with Crippen molar-refractivity contribution in [2.45, 2.75) is 32.1 Å². The van der Waals surface area contributed by atoms with Gasteiger partial charge in [0.15, 0.2) is 0 Å². The minimum absolute atomic E-state index is 0.248. The Balaban J connectivity index is 2.03. The maximum atomic E-state index is 5.96. The molecule has 1 aliphatic rings. The number of hydrogen-bond acceptors (Lipinski definition) is 3. The second-order valence-corrected chi connectivity index (χ2v) is 5.07. The van der Waals surface area contributed by atoms with Crippen molar-refractivity contribution in [3.05, 3.63) is 35.9 Å². The number of aryl methyl sites for hydroxylation is 1. The van der Waals surface area contributed by atoms with Crippen LogP contribution in [-0.4, -0.2) is 14.5 Å². The van der Waals surface area contributed by atoms with Crippen molar-refractivity contribution >= 4 is 5.95 Å². The molecule has 0 aliphatic heterocycles. The van der Waals surface area contributed by atoms with Crippen molar-refractivity contribution in [1.29, 1.82) is 0 Å². The summed E-state index contributed by atoms with van der Waals surface area (Å²) in [6.45, 7) is 4.20. The lowest BCUT2D eigenvalue weighted by Crippen LogP contribution is -2.00. The summed E-state index contributed by atoms with van der Waals surface area (Å²) in [6, 6.07) is 3.99. The van der Waals surface area contributed by atoms with Gasteiger partial charge in [0.1, 0.15) is 0 Å². The van der Waals surface area contributed by atoms with E-state index in [9.17, 15) is 0 Å². The Bertz CT molecular complexity index is 549. The Morgan fingerprint density at radius 1 is 1.35 bits per heavy atom. The highest BCUT2D eigenvalue weighted by Crippen LogP contribution is 2.47. The summed E-state index contributed by atoms with van der Waals surface area (Å²) in [7, 11) is 0. The van der Waals surface area contributed by atoms with Gasteiger partial charge in [0.2, 0.25) is 5.95 Å². The minimum Gasteiger partial charge on any atom is -0.369 e. The summed E-state index contributed by atoms with van der Waals surface area (Å²) in [6.07, 6.45) is 6.27. The number of nitrogens with two attached hydrogens (primary N) is 1. The lowest BCUT2D eigenvalue weighted by molar-refractivity contribution is 0.757. The molecular formula is C13H16N4. The average molecular weight is 228 g/mol. The van der Waals surface area contributed by atoms with Gasteiger partial charge in [-0.1, -0.05) is 6.92 Å². The smallest absolute Gasteiger partial charge is 0.205 e. The summed E-state index contributed by atoms with van der Waals surface area (Å²) in [4.78, 5) is 8.74. The quantitative estimate of drug-likeness (QED) is 0.857. The molecule has 0 aromatic carbocycles. The lowest BCUT2D eigenvalue weighted by Gasteiger charge is -2.04. The molecular weight excluding hydrogens is 212 g/mol. The van der Waals surface area contributed by atoms with Gasteiger partial charge in [-0.25, -0.2) is 4.98 Å². The molecule has 3 rings (SSSR count). The second kappa shape index (κ2) is 3.32. The molecule has 0 bridgehead atoms. The standard InChI is InChI=1S/C13H16N4/c1-9-3-4-10(7-15-9)17-8-11(16-12(17)14)13(2)5-6-13/h3-4,7-8H,5-6H2,1-2H3,(H2,14,16). The summed E-state index contributed by atoms with van der Waals surface area (Å²) in [5.74, 6) is 0.541. The summed E-state index contributed by atoms with van der Waals surface area (Å²) in [5, 5.41) is 0. The molecule has 2 aromatic heterocycles. The van der Waals surface area contributed by atoms with Crippen molar-refractivity contribution < 1.29 is 0 Å². The molecule has 88 valence electrons. The first-order valence-electron chi connectivity index (χ1n) is 5.87. The number of pyridine rings is 1. The van der Waals surface area contributed by atoms with Gasteiger partial charge in [0.05, 0.1) is 17.6 Å². The van der Waals surface area contributed by atoms with Crippen LogP contribution in [0.15, 0.2) is 24.5 Å². The molecule has 2 aromatic rings. The van der Waals surface area contributed by atoms with Gasteiger partial charge in [-0.2, -0.15) is 0 Å². The molecule has 0 saturated heterocycles. The molecule has 1 aliphatic carbocycles. The zero-order chi connectivity index (χ0) is 12.0. The van der Waals surface area contributed by atoms with Crippen LogP contribution in [0, 0.1) is 6.92 Å². The van der Waals surface area contributed by atoms with Gasteiger partial charge in [-0.15, -0.1) is 0 Å². The highest BCUT2D eigenvalue weighted by molar-refractivity contribution is 5.41. The van der Waals surface area contributed by atoms with E-state index in [4.69, 9.17) is 5.73 Å². The van der Waals surface area contributed by atoms with E-state index in [1.807, 2.05) is 36.0 Å². The van der Waals surface area contributed by atoms with E-state index in [1.54, 1.807) is 0 Å². The Hall–Kier alpha value is -1.84. The number of nitrogen functional groups attached to an aromatic ring is 1. The topological polar surface area (TPSA) is 56.7 Å². The number of rotatable bonds is 2. The van der Waals surface area contributed by atoms with Crippen molar-refractivity contribution in [1.82, 2.24) is 14.5 Å². The first-order valence-corrected chi connectivity index (χ1v) is 5.87. The molecule has 17 heavy (non-hydrogen) atoms. The Morgan fingerprint density at radius 2 is 2.12 bits per heavy atom. The van der Waals surface area contributed by atoms with Crippen LogP contribution in [0.2, 0.25) is 0 Å². The number of hydrogen-bond donors (Lipinski definition) is 1. The van der Waals surface area contributed by atoms with E-state index in [2.05, 4.69) is 16.9 Å². The molecule has 4 heteroatoms. The predicted molar refractivity (Wildman–Crippen MR) is 67.1 cm³/mol. The van der Waals surface area contributed by atoms with Crippen molar-refractivity contribution in [2.75, 3.05) is 5.73 Å². The van der Waals surface area contributed by atoms with Crippen molar-refractivity contribution in [3.8, 4) is 5.69 Å². The van der Waals surface area contributed by atoms with E-state index >= 15 is 0 Å². The summed E-state index contributed by atoms with van der Waals surface area (Å²) in [5.41, 5.74) is 9.27. The third-order valence-corrected chi connectivity index (χ3v) is 3.53. The van der Waals surface area contributed by atoms with E-state index in [1.165, 1.54) is 12.8 Å². The molecule has 1 saturated carbocycles. The van der Waals surface area contributed by atoms with Crippen LogP contribution < -0.4 is 5.73 Å². The third-order valence-electron chi connectivity index (χ3n) is 3.53. The zero-order valence-corrected chi connectivity index (χ0v) is 10.1. The van der Waals surface area contributed by atoms with Crippen LogP contribution in [0.1, 0.15) is 31.2 Å². The van der Waals surface area contributed by atoms with Crippen LogP contribution >= 0.6 is 0 Å². The van der Waals surface area contributed by atoms with E-state index in [0.29, 0.717) is 5.95 Å². The van der Waals surface area contributed by atoms with Crippen LogP contribution in [0.4, 0.5) is 5.95 Å². The predicted octanol–water partition coefficient (Wildman–Crippen LogP) is 2.21. The molecule has 2 N–H and O–H groups in total. The molecule has 0 unspecified atom stereocenters. The first-order chi connectivity index (χ1) is 8.08. The fourth-order valence-electron chi connectivity index (χ4n) is 1.94. The largest absolute Gasteiger partial charge is 0.369 e. The van der Waals surface area contributed by atoms with Gasteiger partial charge in [-0.3, -0.25) is 9.55 Å². The van der Waals surface area contributed by atoms with Gasteiger partial charge in [0.25, 0.3) is 0 Å². The van der Waals surface area contributed by atoms with Gasteiger partial charge >= 0.3 is 0 Å². The van der Waals surface area contributed by atoms with Crippen molar-refractivity contribution in [2.24, 2.45) is 0 Å². The highest BCUT2D eigenvalue weighted by atomic mass is 15.2. The second-order valence-electron chi connectivity index (χ2n) is 5.07. The van der Waals surface area contributed by atoms with E-state index < -0.39 is 0 Å². The fraction of sp³-hybridized carbons (Fsp3) is 0.385. The SMILES string of the molecule is Cc1ccc(-n2cc(C3(C)CC3)nc2N)cn1. The third kappa shape index (κ3) is 1.69. The van der Waals surface area contributed by atoms with Gasteiger partial charge in [0, 0.05) is 17.3 Å². The molecule has 1 fully saturated rings. The molecule has 2 heterocycles. The molecule has 0 amide bonds.